The summed E-state index contributed by atoms with van der Waals surface area (Å²) in [5.74, 6) is 1.20. The van der Waals surface area contributed by atoms with Crippen molar-refractivity contribution in [3.05, 3.63) is 18.2 Å². The van der Waals surface area contributed by atoms with Gasteiger partial charge in [-0.2, -0.15) is 0 Å². The third-order valence-corrected chi connectivity index (χ3v) is 2.99. The third kappa shape index (κ3) is 3.06. The highest BCUT2D eigenvalue weighted by Gasteiger charge is 2.20. The number of carbonyl (C=O) groups excluding carboxylic acids is 1. The Morgan fingerprint density at radius 1 is 1.53 bits per heavy atom. The van der Waals surface area contributed by atoms with E-state index in [1.54, 1.807) is 6.20 Å². The second kappa shape index (κ2) is 5.31. The van der Waals surface area contributed by atoms with Gasteiger partial charge in [-0.15, -0.1) is 0 Å². The number of hydrogen-bond donors (Lipinski definition) is 1. The average molecular weight is 236 g/mol. The maximum atomic E-state index is 12.0. The molecule has 2 heterocycles. The fourth-order valence-electron chi connectivity index (χ4n) is 2.01. The number of rotatable bonds is 4. The van der Waals surface area contributed by atoms with Crippen molar-refractivity contribution in [1.82, 2.24) is 19.8 Å². The van der Waals surface area contributed by atoms with Gasteiger partial charge in [0.05, 0.1) is 6.54 Å². The number of amides is 1. The number of hydrogen-bond acceptors (Lipinski definition) is 3. The predicted molar refractivity (Wildman–Crippen MR) is 65.4 cm³/mol. The number of nitrogens with one attached hydrogen (secondary N) is 1. The lowest BCUT2D eigenvalue weighted by Gasteiger charge is -2.27. The summed E-state index contributed by atoms with van der Waals surface area (Å²) >= 11 is 0. The molecule has 0 radical (unpaired) electrons. The smallest absolute Gasteiger partial charge is 0.224 e. The Labute approximate surface area is 102 Å². The SMILES string of the molecule is CC(C)NCCC(=O)N1CCn2ccnc2C1. The quantitative estimate of drug-likeness (QED) is 0.833. The van der Waals surface area contributed by atoms with E-state index in [1.807, 2.05) is 11.1 Å². The molecule has 5 nitrogen and oxygen atoms in total. The van der Waals surface area contributed by atoms with Gasteiger partial charge in [-0.1, -0.05) is 13.8 Å². The van der Waals surface area contributed by atoms with Crippen LogP contribution in [0.5, 0.6) is 0 Å². The summed E-state index contributed by atoms with van der Waals surface area (Å²) in [5.41, 5.74) is 0. The molecule has 0 bridgehead atoms. The molecule has 2 rings (SSSR count). The van der Waals surface area contributed by atoms with Crippen molar-refractivity contribution in [3.63, 3.8) is 0 Å². The molecule has 1 amide bonds. The molecule has 0 fully saturated rings. The van der Waals surface area contributed by atoms with Gasteiger partial charge in [0.2, 0.25) is 5.91 Å². The molecule has 1 aromatic rings. The van der Waals surface area contributed by atoms with E-state index in [1.165, 1.54) is 0 Å². The van der Waals surface area contributed by atoms with Crippen molar-refractivity contribution in [2.24, 2.45) is 0 Å². The van der Waals surface area contributed by atoms with E-state index in [0.29, 0.717) is 19.0 Å². The Hall–Kier alpha value is -1.36. The van der Waals surface area contributed by atoms with Crippen LogP contribution in [0.25, 0.3) is 0 Å². The lowest BCUT2D eigenvalue weighted by molar-refractivity contribution is -0.132. The van der Waals surface area contributed by atoms with Gasteiger partial charge < -0.3 is 14.8 Å². The van der Waals surface area contributed by atoms with Gasteiger partial charge in [0.15, 0.2) is 0 Å². The van der Waals surface area contributed by atoms with Gasteiger partial charge in [-0.3, -0.25) is 4.79 Å². The molecule has 0 atom stereocenters. The Bertz CT molecular complexity index is 386. The highest BCUT2D eigenvalue weighted by atomic mass is 16.2. The van der Waals surface area contributed by atoms with Crippen molar-refractivity contribution in [2.75, 3.05) is 13.1 Å². The van der Waals surface area contributed by atoms with Gasteiger partial charge in [0.25, 0.3) is 0 Å². The molecule has 1 aliphatic heterocycles. The molecule has 0 spiro atoms. The van der Waals surface area contributed by atoms with E-state index in [2.05, 4.69) is 28.7 Å². The molecule has 5 heteroatoms. The Morgan fingerprint density at radius 2 is 2.35 bits per heavy atom. The highest BCUT2D eigenvalue weighted by Crippen LogP contribution is 2.10. The zero-order chi connectivity index (χ0) is 12.3. The molecule has 0 aliphatic carbocycles. The van der Waals surface area contributed by atoms with Crippen molar-refractivity contribution >= 4 is 5.91 Å². The lowest BCUT2D eigenvalue weighted by Crippen LogP contribution is -2.39. The van der Waals surface area contributed by atoms with Crippen molar-refractivity contribution in [3.8, 4) is 0 Å². The Kier molecular flexibility index (Phi) is 3.78. The molecule has 0 saturated carbocycles. The van der Waals surface area contributed by atoms with Crippen LogP contribution in [0.1, 0.15) is 26.1 Å². The minimum absolute atomic E-state index is 0.215. The van der Waals surface area contributed by atoms with E-state index in [0.717, 1.165) is 25.5 Å². The van der Waals surface area contributed by atoms with Gasteiger partial charge in [-0.05, 0) is 0 Å². The summed E-state index contributed by atoms with van der Waals surface area (Å²) < 4.78 is 2.11. The number of aromatic nitrogens is 2. The first kappa shape index (κ1) is 12.1. The first-order valence-electron chi connectivity index (χ1n) is 6.18. The zero-order valence-corrected chi connectivity index (χ0v) is 10.5. The van der Waals surface area contributed by atoms with E-state index >= 15 is 0 Å². The summed E-state index contributed by atoms with van der Waals surface area (Å²) in [4.78, 5) is 18.1. The fraction of sp³-hybridized carbons (Fsp3) is 0.667. The lowest BCUT2D eigenvalue weighted by atomic mass is 10.3. The summed E-state index contributed by atoms with van der Waals surface area (Å²) in [6.07, 6.45) is 4.33. The first-order chi connectivity index (χ1) is 8.16. The fourth-order valence-corrected chi connectivity index (χ4v) is 2.01. The van der Waals surface area contributed by atoms with E-state index in [9.17, 15) is 4.79 Å². The second-order valence-electron chi connectivity index (χ2n) is 4.71. The van der Waals surface area contributed by atoms with Crippen LogP contribution in [-0.2, 0) is 17.9 Å². The van der Waals surface area contributed by atoms with E-state index in [4.69, 9.17) is 0 Å². The molecule has 0 unspecified atom stereocenters. The van der Waals surface area contributed by atoms with Gasteiger partial charge >= 0.3 is 0 Å². The molecular formula is C12H20N4O. The van der Waals surface area contributed by atoms with Gasteiger partial charge in [-0.25, -0.2) is 4.98 Å². The zero-order valence-electron chi connectivity index (χ0n) is 10.5. The molecule has 1 aromatic heterocycles. The molecular weight excluding hydrogens is 216 g/mol. The van der Waals surface area contributed by atoms with Crippen LogP contribution in [-0.4, -0.2) is 39.5 Å². The summed E-state index contributed by atoms with van der Waals surface area (Å²) in [6, 6.07) is 0.433. The van der Waals surface area contributed by atoms with Crippen LogP contribution in [0.3, 0.4) is 0 Å². The first-order valence-corrected chi connectivity index (χ1v) is 6.18. The van der Waals surface area contributed by atoms with Gasteiger partial charge in [0.1, 0.15) is 5.82 Å². The number of carbonyl (C=O) groups is 1. The number of nitrogens with zero attached hydrogens (tertiary/aromatic N) is 3. The summed E-state index contributed by atoms with van der Waals surface area (Å²) in [7, 11) is 0. The normalized spacial score (nSPS) is 15.1. The van der Waals surface area contributed by atoms with Gasteiger partial charge in [0, 0.05) is 44.5 Å². The maximum Gasteiger partial charge on any atom is 0.224 e. The minimum atomic E-state index is 0.215. The summed E-state index contributed by atoms with van der Waals surface area (Å²) in [5, 5.41) is 3.26. The molecule has 1 N–H and O–H groups in total. The van der Waals surface area contributed by atoms with Crippen molar-refractivity contribution in [2.45, 2.75) is 39.4 Å². The van der Waals surface area contributed by atoms with Crippen LogP contribution in [0.15, 0.2) is 12.4 Å². The predicted octanol–water partition coefficient (Wildman–Crippen LogP) is 0.613. The number of imidazole rings is 1. The van der Waals surface area contributed by atoms with Crippen LogP contribution < -0.4 is 5.32 Å². The van der Waals surface area contributed by atoms with Crippen molar-refractivity contribution in [1.29, 1.82) is 0 Å². The van der Waals surface area contributed by atoms with Crippen LogP contribution in [0.4, 0.5) is 0 Å². The van der Waals surface area contributed by atoms with Crippen molar-refractivity contribution < 1.29 is 4.79 Å². The molecule has 1 aliphatic rings. The Balaban J connectivity index is 1.82. The third-order valence-electron chi connectivity index (χ3n) is 2.99. The molecule has 94 valence electrons. The van der Waals surface area contributed by atoms with Crippen LogP contribution in [0, 0.1) is 0 Å². The summed E-state index contributed by atoms with van der Waals surface area (Å²) in [6.45, 7) is 7.22. The highest BCUT2D eigenvalue weighted by molar-refractivity contribution is 5.76. The van der Waals surface area contributed by atoms with Crippen LogP contribution >= 0.6 is 0 Å². The Morgan fingerprint density at radius 3 is 3.12 bits per heavy atom. The molecule has 0 saturated heterocycles. The standard InChI is InChI=1S/C12H20N4O/c1-10(2)13-4-3-12(17)16-8-7-15-6-5-14-11(15)9-16/h5-6,10,13H,3-4,7-9H2,1-2H3. The number of fused-ring (bicyclic) bond motifs is 1. The largest absolute Gasteiger partial charge is 0.333 e. The van der Waals surface area contributed by atoms with E-state index < -0.39 is 0 Å². The topological polar surface area (TPSA) is 50.2 Å². The average Bonchev–Trinajstić information content (AvgIpc) is 2.75. The van der Waals surface area contributed by atoms with E-state index in [-0.39, 0.29) is 5.91 Å². The molecule has 0 aromatic carbocycles. The van der Waals surface area contributed by atoms with Crippen LogP contribution in [0.2, 0.25) is 0 Å². The monoisotopic (exact) mass is 236 g/mol. The maximum absolute atomic E-state index is 12.0. The minimum Gasteiger partial charge on any atom is -0.333 e. The second-order valence-corrected chi connectivity index (χ2v) is 4.71. The molecule has 17 heavy (non-hydrogen) atoms.